The Morgan fingerprint density at radius 3 is 2.79 bits per heavy atom. The molecule has 5 heteroatoms. The molecule has 0 amide bonds. The molecule has 1 rings (SSSR count). The number of hydrogen-bond acceptors (Lipinski definition) is 3. The Morgan fingerprint density at radius 1 is 1.47 bits per heavy atom. The van der Waals surface area contributed by atoms with Gasteiger partial charge in [0.15, 0.2) is 0 Å². The zero-order valence-electron chi connectivity index (χ0n) is 12.4. The van der Waals surface area contributed by atoms with E-state index in [-0.39, 0.29) is 0 Å². The van der Waals surface area contributed by atoms with Gasteiger partial charge in [-0.3, -0.25) is 4.68 Å². The molecule has 0 saturated heterocycles. The lowest BCUT2D eigenvalue weighted by Gasteiger charge is -2.26. The summed E-state index contributed by atoms with van der Waals surface area (Å²) < 4.78 is 8.29. The van der Waals surface area contributed by atoms with Crippen LogP contribution in [0.1, 0.15) is 45.3 Å². The molecule has 1 heterocycles. The van der Waals surface area contributed by atoms with Gasteiger partial charge in [-0.2, -0.15) is 5.10 Å². The zero-order chi connectivity index (χ0) is 14.3. The minimum atomic E-state index is 0.332. The van der Waals surface area contributed by atoms with Gasteiger partial charge >= 0.3 is 0 Å². The molecule has 1 aromatic rings. The third-order valence-electron chi connectivity index (χ3n) is 3.46. The third kappa shape index (κ3) is 4.58. The first kappa shape index (κ1) is 16.7. The van der Waals surface area contributed by atoms with Crippen LogP contribution in [0.2, 0.25) is 0 Å². The maximum Gasteiger partial charge on any atom is 0.0699 e. The predicted molar refractivity (Wildman–Crippen MR) is 82.3 cm³/mol. The first-order chi connectivity index (χ1) is 9.15. The maximum absolute atomic E-state index is 5.16. The van der Waals surface area contributed by atoms with Crippen LogP contribution < -0.4 is 5.32 Å². The van der Waals surface area contributed by atoms with E-state index in [9.17, 15) is 0 Å². The number of nitrogens with one attached hydrogen (secondary N) is 1. The van der Waals surface area contributed by atoms with E-state index in [1.807, 2.05) is 10.9 Å². The molecule has 19 heavy (non-hydrogen) atoms. The van der Waals surface area contributed by atoms with Gasteiger partial charge in [0.25, 0.3) is 0 Å². The van der Waals surface area contributed by atoms with Crippen molar-refractivity contribution in [3.63, 3.8) is 0 Å². The van der Waals surface area contributed by atoms with Crippen molar-refractivity contribution in [2.75, 3.05) is 20.3 Å². The Balaban J connectivity index is 2.95. The highest BCUT2D eigenvalue weighted by molar-refractivity contribution is 9.10. The molecule has 0 aliphatic rings. The molecule has 2 unspecified atom stereocenters. The molecule has 0 bridgehead atoms. The largest absolute Gasteiger partial charge is 0.383 e. The summed E-state index contributed by atoms with van der Waals surface area (Å²) in [4.78, 5) is 0. The van der Waals surface area contributed by atoms with Crippen LogP contribution in [0, 0.1) is 5.92 Å². The molecule has 110 valence electrons. The predicted octanol–water partition coefficient (Wildman–Crippen LogP) is 3.38. The van der Waals surface area contributed by atoms with Crippen molar-refractivity contribution in [2.45, 2.75) is 46.2 Å². The molecule has 0 aliphatic carbocycles. The second-order valence-corrected chi connectivity index (χ2v) is 5.77. The van der Waals surface area contributed by atoms with Crippen molar-refractivity contribution in [1.82, 2.24) is 15.1 Å². The summed E-state index contributed by atoms with van der Waals surface area (Å²) in [5.74, 6) is 0.570. The van der Waals surface area contributed by atoms with E-state index in [4.69, 9.17) is 4.74 Å². The Bertz CT molecular complexity index is 368. The van der Waals surface area contributed by atoms with Gasteiger partial charge in [-0.25, -0.2) is 0 Å². The van der Waals surface area contributed by atoms with Crippen LogP contribution in [-0.2, 0) is 11.3 Å². The summed E-state index contributed by atoms with van der Waals surface area (Å²) in [6.07, 6.45) is 4.16. The Labute approximate surface area is 125 Å². The van der Waals surface area contributed by atoms with Gasteiger partial charge in [0.1, 0.15) is 0 Å². The van der Waals surface area contributed by atoms with Crippen molar-refractivity contribution in [1.29, 1.82) is 0 Å². The molecule has 0 radical (unpaired) electrons. The van der Waals surface area contributed by atoms with Crippen molar-refractivity contribution >= 4 is 15.9 Å². The Morgan fingerprint density at radius 2 is 2.21 bits per heavy atom. The van der Waals surface area contributed by atoms with Crippen molar-refractivity contribution < 1.29 is 4.74 Å². The number of aromatic nitrogens is 2. The summed E-state index contributed by atoms with van der Waals surface area (Å²) >= 11 is 3.63. The average molecular weight is 332 g/mol. The van der Waals surface area contributed by atoms with Gasteiger partial charge in [0.2, 0.25) is 0 Å². The van der Waals surface area contributed by atoms with Gasteiger partial charge in [-0.15, -0.1) is 0 Å². The first-order valence-corrected chi connectivity index (χ1v) is 7.88. The maximum atomic E-state index is 5.16. The number of halogens is 1. The van der Waals surface area contributed by atoms with Crippen molar-refractivity contribution in [3.8, 4) is 0 Å². The summed E-state index contributed by atoms with van der Waals surface area (Å²) in [6, 6.07) is 0.332. The van der Waals surface area contributed by atoms with Gasteiger partial charge < -0.3 is 10.1 Å². The standard InChI is InChI=1S/C14H26BrN3O/c1-5-7-16-13(11(3)6-2)14-12(15)10-17-18(14)8-9-19-4/h10-11,13,16H,5-9H2,1-4H3. The van der Waals surface area contributed by atoms with E-state index in [0.29, 0.717) is 18.6 Å². The van der Waals surface area contributed by atoms with Gasteiger partial charge in [0, 0.05) is 7.11 Å². The second-order valence-electron chi connectivity index (χ2n) is 4.91. The molecule has 0 fully saturated rings. The molecular weight excluding hydrogens is 306 g/mol. The molecule has 0 saturated carbocycles. The van der Waals surface area contributed by atoms with Crippen LogP contribution in [-0.4, -0.2) is 30.0 Å². The molecular formula is C14H26BrN3O. The fourth-order valence-electron chi connectivity index (χ4n) is 2.14. The third-order valence-corrected chi connectivity index (χ3v) is 4.07. The van der Waals surface area contributed by atoms with Crippen LogP contribution in [0.4, 0.5) is 0 Å². The summed E-state index contributed by atoms with van der Waals surface area (Å²) in [7, 11) is 1.72. The smallest absolute Gasteiger partial charge is 0.0699 e. The van der Waals surface area contributed by atoms with Crippen molar-refractivity contribution in [2.24, 2.45) is 5.92 Å². The molecule has 2 atom stereocenters. The molecule has 1 N–H and O–H groups in total. The number of ether oxygens (including phenoxy) is 1. The number of methoxy groups -OCH3 is 1. The average Bonchev–Trinajstić information content (AvgIpc) is 2.78. The van der Waals surface area contributed by atoms with Gasteiger partial charge in [-0.05, 0) is 34.8 Å². The molecule has 0 aliphatic heterocycles. The molecule has 4 nitrogen and oxygen atoms in total. The summed E-state index contributed by atoms with van der Waals surface area (Å²) in [6.45, 7) is 9.21. The molecule has 0 spiro atoms. The number of hydrogen-bond donors (Lipinski definition) is 1. The van der Waals surface area contributed by atoms with Gasteiger partial charge in [0.05, 0.1) is 35.6 Å². The van der Waals surface area contributed by atoms with Crippen LogP contribution in [0.3, 0.4) is 0 Å². The summed E-state index contributed by atoms with van der Waals surface area (Å²) in [5.41, 5.74) is 1.24. The quantitative estimate of drug-likeness (QED) is 0.753. The van der Waals surface area contributed by atoms with Crippen LogP contribution in [0.15, 0.2) is 10.7 Å². The normalized spacial score (nSPS) is 14.6. The molecule has 0 aromatic carbocycles. The minimum Gasteiger partial charge on any atom is -0.383 e. The SMILES string of the molecule is CCCNC(c1c(Br)cnn1CCOC)C(C)CC. The fourth-order valence-corrected chi connectivity index (χ4v) is 2.68. The zero-order valence-corrected chi connectivity index (χ0v) is 14.0. The van der Waals surface area contributed by atoms with E-state index in [0.717, 1.165) is 30.4 Å². The number of nitrogens with zero attached hydrogens (tertiary/aromatic N) is 2. The second kappa shape index (κ2) is 8.72. The van der Waals surface area contributed by atoms with Crippen LogP contribution in [0.5, 0.6) is 0 Å². The fraction of sp³-hybridized carbons (Fsp3) is 0.786. The van der Waals surface area contributed by atoms with E-state index in [1.54, 1.807) is 7.11 Å². The lowest BCUT2D eigenvalue weighted by Crippen LogP contribution is -2.30. The van der Waals surface area contributed by atoms with Crippen LogP contribution in [0.25, 0.3) is 0 Å². The van der Waals surface area contributed by atoms with E-state index < -0.39 is 0 Å². The highest BCUT2D eigenvalue weighted by Crippen LogP contribution is 2.30. The molecule has 1 aromatic heterocycles. The number of rotatable bonds is 9. The van der Waals surface area contributed by atoms with Crippen LogP contribution >= 0.6 is 15.9 Å². The topological polar surface area (TPSA) is 39.1 Å². The highest BCUT2D eigenvalue weighted by atomic mass is 79.9. The Hall–Kier alpha value is -0.390. The lowest BCUT2D eigenvalue weighted by atomic mass is 9.96. The monoisotopic (exact) mass is 331 g/mol. The minimum absolute atomic E-state index is 0.332. The first-order valence-electron chi connectivity index (χ1n) is 7.09. The van der Waals surface area contributed by atoms with Gasteiger partial charge in [-0.1, -0.05) is 27.2 Å². The lowest BCUT2D eigenvalue weighted by molar-refractivity contribution is 0.180. The van der Waals surface area contributed by atoms with E-state index in [1.165, 1.54) is 5.69 Å². The van der Waals surface area contributed by atoms with Crippen molar-refractivity contribution in [3.05, 3.63) is 16.4 Å². The highest BCUT2D eigenvalue weighted by Gasteiger charge is 2.23. The van der Waals surface area contributed by atoms with E-state index in [2.05, 4.69) is 47.1 Å². The summed E-state index contributed by atoms with van der Waals surface area (Å²) in [5, 5.41) is 8.10. The Kier molecular flexibility index (Phi) is 7.64. The van der Waals surface area contributed by atoms with E-state index >= 15 is 0 Å².